The Morgan fingerprint density at radius 2 is 1.68 bits per heavy atom. The highest BCUT2D eigenvalue weighted by molar-refractivity contribution is 8.00. The molecule has 1 fully saturated rings. The third-order valence-corrected chi connectivity index (χ3v) is 10.7. The lowest BCUT2D eigenvalue weighted by molar-refractivity contribution is -0.132. The number of benzene rings is 4. The van der Waals surface area contributed by atoms with E-state index in [0.717, 1.165) is 21.9 Å². The van der Waals surface area contributed by atoms with Crippen molar-refractivity contribution in [3.63, 3.8) is 0 Å². The van der Waals surface area contributed by atoms with Crippen LogP contribution < -0.4 is 9.64 Å². The van der Waals surface area contributed by atoms with Crippen molar-refractivity contribution >= 4 is 62.1 Å². The zero-order chi connectivity index (χ0) is 34.2. The van der Waals surface area contributed by atoms with Gasteiger partial charge in [0.2, 0.25) is 5.13 Å². The maximum atomic E-state index is 14.0. The van der Waals surface area contributed by atoms with E-state index in [2.05, 4.69) is 39.4 Å². The molecule has 50 heavy (non-hydrogen) atoms. The Morgan fingerprint density at radius 3 is 2.56 bits per heavy atom. The lowest BCUT2D eigenvalue weighted by Gasteiger charge is -2.23. The van der Waals surface area contributed by atoms with Crippen LogP contribution in [0.5, 0.6) is 5.75 Å². The van der Waals surface area contributed by atoms with Crippen LogP contribution in [0, 0.1) is 6.92 Å². The number of thioether (sulfide) groups is 1. The Labute approximate surface area is 295 Å². The summed E-state index contributed by atoms with van der Waals surface area (Å²) < 4.78 is 8.48. The molecule has 1 amide bonds. The molecule has 7 aromatic rings. The number of aliphatic hydroxyl groups is 1. The molecule has 1 aliphatic heterocycles. The molecule has 1 saturated heterocycles. The van der Waals surface area contributed by atoms with E-state index >= 15 is 0 Å². The molecule has 0 radical (unpaired) electrons. The van der Waals surface area contributed by atoms with Gasteiger partial charge in [-0.2, -0.15) is 0 Å². The smallest absolute Gasteiger partial charge is 0.301 e. The molecule has 1 N–H and O–H groups in total. The van der Waals surface area contributed by atoms with E-state index in [9.17, 15) is 14.7 Å². The number of ketones is 1. The van der Waals surface area contributed by atoms with Crippen LogP contribution in [0.15, 0.2) is 131 Å². The molecule has 1 unspecified atom stereocenters. The minimum absolute atomic E-state index is 0.0656. The van der Waals surface area contributed by atoms with E-state index in [4.69, 9.17) is 4.74 Å². The van der Waals surface area contributed by atoms with Gasteiger partial charge < -0.3 is 9.84 Å². The summed E-state index contributed by atoms with van der Waals surface area (Å²) in [4.78, 5) is 33.8. The number of fused-ring (bicyclic) bond motifs is 2. The molecule has 1 aliphatic rings. The highest BCUT2D eigenvalue weighted by Crippen LogP contribution is 2.45. The van der Waals surface area contributed by atoms with Gasteiger partial charge in [0.25, 0.3) is 5.78 Å². The fraction of sp³-hybridized carbons (Fsp3) is 0.103. The van der Waals surface area contributed by atoms with E-state index in [1.54, 1.807) is 29.7 Å². The molecule has 0 saturated carbocycles. The number of nitrogens with zero attached hydrogens (tertiary/aromatic N) is 5. The topological polar surface area (TPSA) is 110 Å². The molecule has 4 heterocycles. The Bertz CT molecular complexity index is 2430. The summed E-state index contributed by atoms with van der Waals surface area (Å²) in [5, 5.41) is 23.3. The highest BCUT2D eigenvalue weighted by Gasteiger charge is 2.49. The number of aryl methyl sites for hydroxylation is 1. The Hall–Kier alpha value is -5.78. The standard InChI is InChI=1S/C39H29N5O4S2/c1-24-33(43-20-8-7-19-31(43)40-24)35(45)32-34(27-15-10-17-29(21-27)48-22-25-11-3-2-4-12-25)44(37(47)36(32)46)38-41-42-39(50-38)49-23-28-16-9-14-26-13-5-6-18-30(26)28/h2-21,34,45H,22-23H2,1H3/b35-32+. The lowest BCUT2D eigenvalue weighted by atomic mass is 9.96. The normalized spacial score (nSPS) is 15.7. The van der Waals surface area contributed by atoms with Gasteiger partial charge in [0, 0.05) is 11.9 Å². The summed E-state index contributed by atoms with van der Waals surface area (Å²) in [6.07, 6.45) is 1.76. The summed E-state index contributed by atoms with van der Waals surface area (Å²) in [6, 6.07) is 35.9. The summed E-state index contributed by atoms with van der Waals surface area (Å²) in [5.41, 5.74) is 4.11. The van der Waals surface area contributed by atoms with E-state index < -0.39 is 17.7 Å². The minimum atomic E-state index is -1.01. The van der Waals surface area contributed by atoms with Crippen LogP contribution >= 0.6 is 23.1 Å². The van der Waals surface area contributed by atoms with Crippen molar-refractivity contribution in [1.29, 1.82) is 0 Å². The molecular formula is C39H29N5O4S2. The van der Waals surface area contributed by atoms with Crippen LogP contribution in [0.3, 0.4) is 0 Å². The number of aliphatic hydroxyl groups excluding tert-OH is 1. The first-order chi connectivity index (χ1) is 24.5. The number of rotatable bonds is 9. The van der Waals surface area contributed by atoms with Crippen molar-refractivity contribution in [2.24, 2.45) is 0 Å². The summed E-state index contributed by atoms with van der Waals surface area (Å²) in [6.45, 7) is 2.09. The average Bonchev–Trinajstić information content (AvgIpc) is 3.83. The van der Waals surface area contributed by atoms with Gasteiger partial charge in [-0.1, -0.05) is 114 Å². The van der Waals surface area contributed by atoms with Crippen LogP contribution in [0.25, 0.3) is 22.2 Å². The lowest BCUT2D eigenvalue weighted by Crippen LogP contribution is -2.29. The van der Waals surface area contributed by atoms with Crippen molar-refractivity contribution in [2.75, 3.05) is 4.90 Å². The van der Waals surface area contributed by atoms with Gasteiger partial charge >= 0.3 is 5.91 Å². The molecule has 9 nitrogen and oxygen atoms in total. The number of Topliss-reactive ketones (excluding diaryl/α,β-unsaturated/α-hetero) is 1. The molecule has 4 aromatic carbocycles. The molecule has 0 bridgehead atoms. The molecule has 0 spiro atoms. The highest BCUT2D eigenvalue weighted by atomic mass is 32.2. The zero-order valence-corrected chi connectivity index (χ0v) is 28.4. The predicted octanol–water partition coefficient (Wildman–Crippen LogP) is 8.15. The molecule has 8 rings (SSSR count). The van der Waals surface area contributed by atoms with Gasteiger partial charge in [0.15, 0.2) is 10.1 Å². The monoisotopic (exact) mass is 695 g/mol. The van der Waals surface area contributed by atoms with Gasteiger partial charge in [-0.05, 0) is 58.7 Å². The Balaban J connectivity index is 1.18. The number of hydrogen-bond acceptors (Lipinski definition) is 9. The van der Waals surface area contributed by atoms with E-state index in [0.29, 0.717) is 45.0 Å². The van der Waals surface area contributed by atoms with Crippen LogP contribution in [0.4, 0.5) is 5.13 Å². The Morgan fingerprint density at radius 1 is 0.900 bits per heavy atom. The largest absolute Gasteiger partial charge is 0.505 e. The second-order valence-electron chi connectivity index (χ2n) is 11.8. The number of aromatic nitrogens is 4. The van der Waals surface area contributed by atoms with Crippen LogP contribution in [-0.2, 0) is 21.9 Å². The number of carbonyl (C=O) groups is 2. The quantitative estimate of drug-likeness (QED) is 0.0530. The van der Waals surface area contributed by atoms with Gasteiger partial charge in [0.1, 0.15) is 23.7 Å². The number of pyridine rings is 1. The molecule has 1 atom stereocenters. The van der Waals surface area contributed by atoms with E-state index in [1.807, 2.05) is 78.9 Å². The van der Waals surface area contributed by atoms with Gasteiger partial charge in [-0.15, -0.1) is 10.2 Å². The number of amides is 1. The second-order valence-corrected chi connectivity index (χ2v) is 13.9. The van der Waals surface area contributed by atoms with E-state index in [1.165, 1.54) is 28.0 Å². The fourth-order valence-electron chi connectivity index (χ4n) is 6.30. The molecule has 11 heteroatoms. The molecular weight excluding hydrogens is 667 g/mol. The van der Waals surface area contributed by atoms with Crippen molar-refractivity contribution in [2.45, 2.75) is 29.7 Å². The van der Waals surface area contributed by atoms with Gasteiger partial charge in [-0.25, -0.2) is 4.98 Å². The predicted molar refractivity (Wildman–Crippen MR) is 195 cm³/mol. The van der Waals surface area contributed by atoms with Crippen molar-refractivity contribution in [3.8, 4) is 5.75 Å². The van der Waals surface area contributed by atoms with Gasteiger partial charge in [0.05, 0.1) is 17.3 Å². The average molecular weight is 696 g/mol. The first kappa shape index (κ1) is 31.5. The van der Waals surface area contributed by atoms with E-state index in [-0.39, 0.29) is 16.5 Å². The summed E-state index contributed by atoms with van der Waals surface area (Å²) in [7, 11) is 0. The van der Waals surface area contributed by atoms with Crippen LogP contribution in [0.1, 0.15) is 34.1 Å². The zero-order valence-electron chi connectivity index (χ0n) is 26.8. The summed E-state index contributed by atoms with van der Waals surface area (Å²) in [5.74, 6) is -0.759. The van der Waals surface area contributed by atoms with Crippen molar-refractivity contribution in [3.05, 3.63) is 155 Å². The number of ether oxygens (including phenoxy) is 1. The third-order valence-electron chi connectivity index (χ3n) is 8.63. The second kappa shape index (κ2) is 13.3. The maximum absolute atomic E-state index is 14.0. The van der Waals surface area contributed by atoms with Crippen molar-refractivity contribution in [1.82, 2.24) is 19.6 Å². The number of hydrogen-bond donors (Lipinski definition) is 1. The first-order valence-corrected chi connectivity index (χ1v) is 17.7. The summed E-state index contributed by atoms with van der Waals surface area (Å²) >= 11 is 2.74. The first-order valence-electron chi connectivity index (χ1n) is 15.9. The van der Waals surface area contributed by atoms with Crippen LogP contribution in [-0.4, -0.2) is 36.4 Å². The molecule has 3 aromatic heterocycles. The maximum Gasteiger partial charge on any atom is 0.301 e. The molecule has 246 valence electrons. The molecule has 0 aliphatic carbocycles. The number of carbonyl (C=O) groups excluding carboxylic acids is 2. The Kier molecular flexibility index (Phi) is 8.35. The number of imidazole rings is 1. The van der Waals surface area contributed by atoms with Crippen LogP contribution in [0.2, 0.25) is 0 Å². The minimum Gasteiger partial charge on any atom is -0.505 e. The number of anilines is 1. The van der Waals surface area contributed by atoms with Crippen molar-refractivity contribution < 1.29 is 19.4 Å². The SMILES string of the molecule is Cc1nc2ccccn2c1/C(O)=C1\C(=O)C(=O)N(c2nnc(SCc3cccc4ccccc34)s2)C1c1cccc(OCc2ccccc2)c1. The van der Waals surface area contributed by atoms with Gasteiger partial charge in [-0.3, -0.25) is 18.9 Å². The fourth-order valence-corrected chi connectivity index (χ4v) is 8.17. The third kappa shape index (κ3) is 5.80.